The predicted octanol–water partition coefficient (Wildman–Crippen LogP) is 3.15. The SMILES string of the molecule is CCC(c1ccc(C)cc1)(n1ncc2c(NS(=O)(=O)NC)cccc21)C(C)(C)O. The van der Waals surface area contributed by atoms with Crippen molar-refractivity contribution in [3.63, 3.8) is 0 Å². The lowest BCUT2D eigenvalue weighted by Crippen LogP contribution is -2.53. The van der Waals surface area contributed by atoms with Gasteiger partial charge in [0.05, 0.1) is 23.0 Å². The van der Waals surface area contributed by atoms with Gasteiger partial charge in [-0.15, -0.1) is 0 Å². The Labute approximate surface area is 171 Å². The third-order valence-corrected chi connectivity index (χ3v) is 6.57. The Kier molecular flexibility index (Phi) is 5.46. The van der Waals surface area contributed by atoms with Gasteiger partial charge >= 0.3 is 0 Å². The molecule has 3 rings (SSSR count). The highest BCUT2D eigenvalue weighted by Gasteiger charge is 2.47. The molecule has 3 N–H and O–H groups in total. The van der Waals surface area contributed by atoms with Gasteiger partial charge in [0.25, 0.3) is 10.2 Å². The lowest BCUT2D eigenvalue weighted by molar-refractivity contribution is -0.0297. The van der Waals surface area contributed by atoms with Gasteiger partial charge in [-0.25, -0.2) is 4.72 Å². The summed E-state index contributed by atoms with van der Waals surface area (Å²) in [7, 11) is -2.32. The minimum atomic E-state index is -3.67. The molecule has 0 amide bonds. The summed E-state index contributed by atoms with van der Waals surface area (Å²) < 4.78 is 30.6. The van der Waals surface area contributed by atoms with Crippen molar-refractivity contribution in [1.29, 1.82) is 0 Å². The van der Waals surface area contributed by atoms with Crippen LogP contribution < -0.4 is 9.44 Å². The number of aliphatic hydroxyl groups is 1. The molecule has 0 bridgehead atoms. The minimum absolute atomic E-state index is 0.424. The molecule has 0 aliphatic carbocycles. The van der Waals surface area contributed by atoms with Crippen LogP contribution in [-0.4, -0.2) is 36.0 Å². The zero-order valence-corrected chi connectivity index (χ0v) is 18.2. The van der Waals surface area contributed by atoms with E-state index in [1.54, 1.807) is 32.2 Å². The topological polar surface area (TPSA) is 96.2 Å². The molecule has 2 aromatic carbocycles. The van der Waals surface area contributed by atoms with E-state index in [9.17, 15) is 13.5 Å². The summed E-state index contributed by atoms with van der Waals surface area (Å²) >= 11 is 0. The van der Waals surface area contributed by atoms with Crippen molar-refractivity contribution in [2.45, 2.75) is 45.3 Å². The van der Waals surface area contributed by atoms with Gasteiger partial charge in [-0.2, -0.15) is 13.5 Å². The van der Waals surface area contributed by atoms with Crippen molar-refractivity contribution in [3.8, 4) is 0 Å². The van der Waals surface area contributed by atoms with Gasteiger partial charge in [-0.05, 0) is 44.9 Å². The fourth-order valence-corrected chi connectivity index (χ4v) is 4.56. The lowest BCUT2D eigenvalue weighted by atomic mass is 9.74. The molecule has 3 aromatic rings. The highest BCUT2D eigenvalue weighted by Crippen LogP contribution is 2.42. The third-order valence-electron chi connectivity index (χ3n) is 5.54. The summed E-state index contributed by atoms with van der Waals surface area (Å²) in [6.07, 6.45) is 2.22. The number of rotatable bonds is 7. The molecular weight excluding hydrogens is 388 g/mol. The monoisotopic (exact) mass is 416 g/mol. The second kappa shape index (κ2) is 7.44. The van der Waals surface area contributed by atoms with Crippen LogP contribution in [0.3, 0.4) is 0 Å². The summed E-state index contributed by atoms with van der Waals surface area (Å²) in [4.78, 5) is 0. The average molecular weight is 417 g/mol. The van der Waals surface area contributed by atoms with E-state index < -0.39 is 21.3 Å². The summed E-state index contributed by atoms with van der Waals surface area (Å²) in [5.41, 5.74) is 1.23. The zero-order chi connectivity index (χ0) is 21.4. The molecule has 1 aromatic heterocycles. The van der Waals surface area contributed by atoms with Crippen molar-refractivity contribution >= 4 is 26.8 Å². The molecule has 1 atom stereocenters. The molecule has 0 spiro atoms. The highest BCUT2D eigenvalue weighted by molar-refractivity contribution is 7.90. The number of hydrogen-bond donors (Lipinski definition) is 3. The van der Waals surface area contributed by atoms with E-state index in [-0.39, 0.29) is 0 Å². The van der Waals surface area contributed by atoms with E-state index in [0.29, 0.717) is 17.5 Å². The van der Waals surface area contributed by atoms with Gasteiger partial charge in [-0.1, -0.05) is 42.8 Å². The van der Waals surface area contributed by atoms with E-state index in [0.717, 1.165) is 16.6 Å². The van der Waals surface area contributed by atoms with E-state index in [1.165, 1.54) is 7.05 Å². The Morgan fingerprint density at radius 1 is 1.14 bits per heavy atom. The minimum Gasteiger partial charge on any atom is -0.388 e. The average Bonchev–Trinajstić information content (AvgIpc) is 3.08. The molecule has 0 aliphatic rings. The molecular formula is C21H28N4O3S. The maximum Gasteiger partial charge on any atom is 0.298 e. The van der Waals surface area contributed by atoms with E-state index in [1.807, 2.05) is 48.9 Å². The Morgan fingerprint density at radius 3 is 2.34 bits per heavy atom. The molecule has 8 heteroatoms. The van der Waals surface area contributed by atoms with Crippen LogP contribution in [0, 0.1) is 6.92 Å². The summed E-state index contributed by atoms with van der Waals surface area (Å²) in [6, 6.07) is 13.4. The van der Waals surface area contributed by atoms with Crippen molar-refractivity contribution in [1.82, 2.24) is 14.5 Å². The number of anilines is 1. The second-order valence-corrected chi connectivity index (χ2v) is 9.36. The van der Waals surface area contributed by atoms with Gasteiger partial charge in [0.1, 0.15) is 5.54 Å². The van der Waals surface area contributed by atoms with Crippen molar-refractivity contribution < 1.29 is 13.5 Å². The fraction of sp³-hybridized carbons (Fsp3) is 0.381. The molecule has 0 saturated carbocycles. The quantitative estimate of drug-likeness (QED) is 0.551. The second-order valence-electron chi connectivity index (χ2n) is 7.74. The maximum atomic E-state index is 12.0. The molecule has 1 heterocycles. The highest BCUT2D eigenvalue weighted by atomic mass is 32.2. The van der Waals surface area contributed by atoms with Crippen LogP contribution in [0.5, 0.6) is 0 Å². The number of aryl methyl sites for hydroxylation is 1. The number of hydrogen-bond acceptors (Lipinski definition) is 4. The molecule has 0 aliphatic heterocycles. The van der Waals surface area contributed by atoms with Crippen molar-refractivity contribution in [2.75, 3.05) is 11.8 Å². The van der Waals surface area contributed by atoms with Crippen LogP contribution in [-0.2, 0) is 15.7 Å². The predicted molar refractivity (Wildman–Crippen MR) is 116 cm³/mol. The zero-order valence-electron chi connectivity index (χ0n) is 17.4. The molecule has 0 radical (unpaired) electrons. The van der Waals surface area contributed by atoms with Gasteiger partial charge in [0, 0.05) is 12.4 Å². The first-order valence-electron chi connectivity index (χ1n) is 9.54. The van der Waals surface area contributed by atoms with Crippen LogP contribution in [0.15, 0.2) is 48.7 Å². The summed E-state index contributed by atoms with van der Waals surface area (Å²) in [6.45, 7) is 7.58. The van der Waals surface area contributed by atoms with Gasteiger partial charge in [0.2, 0.25) is 0 Å². The van der Waals surface area contributed by atoms with Gasteiger partial charge in [-0.3, -0.25) is 9.40 Å². The first-order valence-corrected chi connectivity index (χ1v) is 11.0. The van der Waals surface area contributed by atoms with Crippen molar-refractivity contribution in [3.05, 3.63) is 59.8 Å². The molecule has 0 saturated heterocycles. The van der Waals surface area contributed by atoms with Crippen molar-refractivity contribution in [2.24, 2.45) is 0 Å². The number of fused-ring (bicyclic) bond motifs is 1. The standard InChI is InChI=1S/C21H28N4O3S/c1-6-21(20(3,4)26,16-12-10-15(2)11-13-16)25-19-9-7-8-18(17(19)14-23-25)24-29(27,28)22-5/h7-14,22,24,26H,6H2,1-5H3. The number of nitrogens with zero attached hydrogens (tertiary/aromatic N) is 2. The molecule has 7 nitrogen and oxygen atoms in total. The Balaban J connectivity index is 2.29. The molecule has 0 fully saturated rings. The number of nitrogens with one attached hydrogen (secondary N) is 2. The summed E-state index contributed by atoms with van der Waals surface area (Å²) in [5, 5.41) is 16.6. The Hall–Kier alpha value is -2.42. The van der Waals surface area contributed by atoms with Crippen LogP contribution in [0.25, 0.3) is 10.9 Å². The smallest absolute Gasteiger partial charge is 0.298 e. The molecule has 29 heavy (non-hydrogen) atoms. The Bertz CT molecular complexity index is 1120. The first kappa shape index (κ1) is 21.3. The fourth-order valence-electron chi connectivity index (χ4n) is 3.99. The number of aromatic nitrogens is 2. The molecule has 1 unspecified atom stereocenters. The van der Waals surface area contributed by atoms with Gasteiger partial charge in [0.15, 0.2) is 0 Å². The van der Waals surface area contributed by atoms with Crippen LogP contribution in [0.1, 0.15) is 38.3 Å². The largest absolute Gasteiger partial charge is 0.388 e. The van der Waals surface area contributed by atoms with Gasteiger partial charge < -0.3 is 5.11 Å². The van der Waals surface area contributed by atoms with Crippen LogP contribution in [0.2, 0.25) is 0 Å². The maximum absolute atomic E-state index is 12.0. The third kappa shape index (κ3) is 3.63. The van der Waals surface area contributed by atoms with E-state index in [2.05, 4.69) is 14.5 Å². The lowest BCUT2D eigenvalue weighted by Gasteiger charge is -2.44. The van der Waals surface area contributed by atoms with Crippen LogP contribution in [0.4, 0.5) is 5.69 Å². The summed E-state index contributed by atoms with van der Waals surface area (Å²) in [5.74, 6) is 0. The van der Waals surface area contributed by atoms with Crippen LogP contribution >= 0.6 is 0 Å². The normalized spacial score (nSPS) is 14.7. The van der Waals surface area contributed by atoms with E-state index in [4.69, 9.17) is 0 Å². The first-order chi connectivity index (χ1) is 13.6. The molecule has 156 valence electrons. The Morgan fingerprint density at radius 2 is 1.79 bits per heavy atom. The number of benzene rings is 2. The van der Waals surface area contributed by atoms with E-state index >= 15 is 0 Å².